The second-order valence-electron chi connectivity index (χ2n) is 2.20. The van der Waals surface area contributed by atoms with Gasteiger partial charge in [0, 0.05) is 0 Å². The topological polar surface area (TPSA) is 53.2 Å². The summed E-state index contributed by atoms with van der Waals surface area (Å²) in [6.45, 7) is 0. The summed E-state index contributed by atoms with van der Waals surface area (Å²) < 4.78 is 25.8. The van der Waals surface area contributed by atoms with Crippen molar-refractivity contribution >= 4 is 27.7 Å². The molecule has 0 bridgehead atoms. The van der Waals surface area contributed by atoms with Crippen molar-refractivity contribution in [1.82, 2.24) is 0 Å². The molecule has 0 amide bonds. The largest absolute Gasteiger partial charge is 0.240 e. The van der Waals surface area contributed by atoms with Crippen LogP contribution in [-0.2, 0) is 4.79 Å². The van der Waals surface area contributed by atoms with E-state index < -0.39 is 22.9 Å². The third-order valence-corrected chi connectivity index (χ3v) is 2.14. The van der Waals surface area contributed by atoms with Crippen molar-refractivity contribution in [3.05, 3.63) is 27.7 Å². The van der Waals surface area contributed by atoms with Crippen molar-refractivity contribution < 1.29 is 13.6 Å². The molecule has 0 unspecified atom stereocenters. The molecule has 0 saturated heterocycles. The van der Waals surface area contributed by atoms with E-state index >= 15 is 0 Å². The van der Waals surface area contributed by atoms with Crippen LogP contribution < -0.4 is 0 Å². The summed E-state index contributed by atoms with van der Waals surface area (Å²) >= 11 is 2.68. The Morgan fingerprint density at radius 3 is 2.64 bits per heavy atom. The summed E-state index contributed by atoms with van der Waals surface area (Å²) in [5, 5.41) is 8.40. The fourth-order valence-electron chi connectivity index (χ4n) is 0.815. The van der Waals surface area contributed by atoms with Crippen molar-refractivity contribution in [3.8, 4) is 6.07 Å². The standard InChI is InChI=1S/C8HBrF2N2O/c9-6-7(11)4(2-12)1-5(10)8(6)13-3-14/h1H. The molecule has 0 radical (unpaired) electrons. The van der Waals surface area contributed by atoms with Crippen LogP contribution >= 0.6 is 15.9 Å². The molecule has 0 spiro atoms. The van der Waals surface area contributed by atoms with Crippen LogP contribution in [0.2, 0.25) is 0 Å². The third-order valence-electron chi connectivity index (χ3n) is 1.41. The van der Waals surface area contributed by atoms with E-state index in [1.165, 1.54) is 6.07 Å². The highest BCUT2D eigenvalue weighted by atomic mass is 79.9. The number of nitrogens with zero attached hydrogens (tertiary/aromatic N) is 2. The monoisotopic (exact) mass is 258 g/mol. The lowest BCUT2D eigenvalue weighted by atomic mass is 10.2. The second-order valence-corrected chi connectivity index (χ2v) is 2.99. The Hall–Kier alpha value is -1.57. The number of carbonyl (C=O) groups excluding carboxylic acids is 1. The van der Waals surface area contributed by atoms with Crippen LogP contribution in [0.25, 0.3) is 0 Å². The highest BCUT2D eigenvalue weighted by Gasteiger charge is 2.16. The van der Waals surface area contributed by atoms with E-state index in [1.54, 1.807) is 0 Å². The van der Waals surface area contributed by atoms with Gasteiger partial charge in [-0.1, -0.05) is 0 Å². The van der Waals surface area contributed by atoms with E-state index in [0.717, 1.165) is 6.08 Å². The summed E-state index contributed by atoms with van der Waals surface area (Å²) in [6, 6.07) is 2.12. The minimum Gasteiger partial charge on any atom is -0.211 e. The maximum Gasteiger partial charge on any atom is 0.240 e. The molecular formula is C8HBrF2N2O. The van der Waals surface area contributed by atoms with Crippen LogP contribution in [0.3, 0.4) is 0 Å². The molecule has 0 N–H and O–H groups in total. The van der Waals surface area contributed by atoms with Crippen LogP contribution in [0.5, 0.6) is 0 Å². The summed E-state index contributed by atoms with van der Waals surface area (Å²) in [5.41, 5.74) is -0.962. The summed E-state index contributed by atoms with van der Waals surface area (Å²) in [6.07, 6.45) is 1.09. The Morgan fingerprint density at radius 2 is 2.14 bits per heavy atom. The van der Waals surface area contributed by atoms with Gasteiger partial charge in [-0.25, -0.2) is 13.6 Å². The zero-order chi connectivity index (χ0) is 10.7. The molecule has 70 valence electrons. The smallest absolute Gasteiger partial charge is 0.211 e. The van der Waals surface area contributed by atoms with E-state index in [-0.39, 0.29) is 4.47 Å². The Morgan fingerprint density at radius 1 is 1.50 bits per heavy atom. The van der Waals surface area contributed by atoms with Gasteiger partial charge in [0.1, 0.15) is 11.8 Å². The zero-order valence-corrected chi connectivity index (χ0v) is 8.10. The maximum atomic E-state index is 13.1. The van der Waals surface area contributed by atoms with Gasteiger partial charge in [0.15, 0.2) is 11.6 Å². The third kappa shape index (κ3) is 1.69. The van der Waals surface area contributed by atoms with Gasteiger partial charge in [-0.15, -0.1) is 0 Å². The molecule has 1 aromatic rings. The van der Waals surface area contributed by atoms with Gasteiger partial charge in [0.25, 0.3) is 0 Å². The first-order valence-electron chi connectivity index (χ1n) is 3.27. The van der Waals surface area contributed by atoms with Crippen LogP contribution in [0.4, 0.5) is 14.5 Å². The Balaban J connectivity index is 3.58. The van der Waals surface area contributed by atoms with E-state index in [1.807, 2.05) is 0 Å². The molecule has 14 heavy (non-hydrogen) atoms. The van der Waals surface area contributed by atoms with Crippen LogP contribution in [-0.4, -0.2) is 6.08 Å². The molecule has 0 saturated carbocycles. The molecule has 0 aromatic heterocycles. The lowest BCUT2D eigenvalue weighted by Crippen LogP contribution is -1.89. The van der Waals surface area contributed by atoms with Crippen molar-refractivity contribution in [2.45, 2.75) is 0 Å². The van der Waals surface area contributed by atoms with Gasteiger partial charge in [0.2, 0.25) is 6.08 Å². The number of hydrogen-bond donors (Lipinski definition) is 0. The summed E-state index contributed by atoms with van der Waals surface area (Å²) in [4.78, 5) is 12.8. The van der Waals surface area contributed by atoms with Gasteiger partial charge < -0.3 is 0 Å². The molecule has 1 aromatic carbocycles. The number of aliphatic imine (C=N–C) groups is 1. The van der Waals surface area contributed by atoms with E-state index in [9.17, 15) is 13.6 Å². The number of benzene rings is 1. The average molecular weight is 259 g/mol. The summed E-state index contributed by atoms with van der Waals surface area (Å²) in [5.74, 6) is -1.92. The zero-order valence-electron chi connectivity index (χ0n) is 6.51. The molecule has 3 nitrogen and oxygen atoms in total. The number of nitriles is 1. The lowest BCUT2D eigenvalue weighted by Gasteiger charge is -2.01. The van der Waals surface area contributed by atoms with E-state index in [0.29, 0.717) is 6.07 Å². The summed E-state index contributed by atoms with van der Waals surface area (Å²) in [7, 11) is 0. The predicted octanol–water partition coefficient (Wildman–Crippen LogP) is 2.57. The van der Waals surface area contributed by atoms with Crippen molar-refractivity contribution in [2.24, 2.45) is 4.99 Å². The van der Waals surface area contributed by atoms with Gasteiger partial charge in [-0.3, -0.25) is 0 Å². The van der Waals surface area contributed by atoms with Crippen molar-refractivity contribution in [1.29, 1.82) is 5.26 Å². The number of rotatable bonds is 1. The minimum absolute atomic E-state index is 0.364. The molecule has 0 atom stereocenters. The number of halogens is 3. The Bertz CT molecular complexity index is 475. The fraction of sp³-hybridized carbons (Fsp3) is 0. The Labute approximate surface area is 85.8 Å². The fourth-order valence-corrected chi connectivity index (χ4v) is 1.31. The highest BCUT2D eigenvalue weighted by Crippen LogP contribution is 2.32. The molecule has 0 fully saturated rings. The molecule has 0 heterocycles. The first kappa shape index (κ1) is 10.5. The van der Waals surface area contributed by atoms with Crippen LogP contribution in [0.15, 0.2) is 15.5 Å². The van der Waals surface area contributed by atoms with E-state index in [2.05, 4.69) is 20.9 Å². The molecule has 0 aliphatic rings. The van der Waals surface area contributed by atoms with Gasteiger partial charge in [-0.05, 0) is 22.0 Å². The maximum absolute atomic E-state index is 13.1. The first-order valence-corrected chi connectivity index (χ1v) is 4.06. The van der Waals surface area contributed by atoms with Crippen LogP contribution in [0.1, 0.15) is 5.56 Å². The first-order chi connectivity index (χ1) is 6.61. The Kier molecular flexibility index (Phi) is 3.07. The SMILES string of the molecule is N#Cc1cc(F)c(N=C=O)c(Br)c1F. The predicted molar refractivity (Wildman–Crippen MR) is 46.6 cm³/mol. The molecule has 0 aliphatic carbocycles. The molecular weight excluding hydrogens is 258 g/mol. The van der Waals surface area contributed by atoms with E-state index in [4.69, 9.17) is 5.26 Å². The lowest BCUT2D eigenvalue weighted by molar-refractivity contribution is 0.563. The van der Waals surface area contributed by atoms with Gasteiger partial charge >= 0.3 is 0 Å². The molecule has 1 rings (SSSR count). The number of isocyanates is 1. The molecule has 0 aliphatic heterocycles. The van der Waals surface area contributed by atoms with Crippen molar-refractivity contribution in [3.63, 3.8) is 0 Å². The quantitative estimate of drug-likeness (QED) is 0.442. The minimum atomic E-state index is -0.960. The van der Waals surface area contributed by atoms with Gasteiger partial charge in [-0.2, -0.15) is 10.3 Å². The molecule has 6 heteroatoms. The normalized spacial score (nSPS) is 9.00. The highest BCUT2D eigenvalue weighted by molar-refractivity contribution is 9.10. The average Bonchev–Trinajstić information content (AvgIpc) is 2.18. The number of hydrogen-bond acceptors (Lipinski definition) is 3. The van der Waals surface area contributed by atoms with Gasteiger partial charge in [0.05, 0.1) is 10.0 Å². The van der Waals surface area contributed by atoms with Crippen molar-refractivity contribution in [2.75, 3.05) is 0 Å². The second kappa shape index (κ2) is 4.09. The van der Waals surface area contributed by atoms with Crippen LogP contribution in [0, 0.1) is 23.0 Å².